The van der Waals surface area contributed by atoms with Crippen LogP contribution in [0.1, 0.15) is 31.9 Å². The summed E-state index contributed by atoms with van der Waals surface area (Å²) in [7, 11) is 0. The van der Waals surface area contributed by atoms with Gasteiger partial charge in [0.25, 0.3) is 0 Å². The lowest BCUT2D eigenvalue weighted by molar-refractivity contribution is 0.282. The van der Waals surface area contributed by atoms with Crippen molar-refractivity contribution < 1.29 is 5.11 Å². The quantitative estimate of drug-likeness (QED) is 0.836. The SMILES string of the molecule is CC(C)(C)c1cccc(-c2cccc(CO)c2)c1. The van der Waals surface area contributed by atoms with Crippen LogP contribution in [0.3, 0.4) is 0 Å². The molecular weight excluding hydrogens is 220 g/mol. The zero-order valence-corrected chi connectivity index (χ0v) is 11.3. The van der Waals surface area contributed by atoms with Gasteiger partial charge in [0.1, 0.15) is 0 Å². The van der Waals surface area contributed by atoms with Crippen molar-refractivity contribution in [1.29, 1.82) is 0 Å². The van der Waals surface area contributed by atoms with Crippen molar-refractivity contribution in [2.45, 2.75) is 32.8 Å². The van der Waals surface area contributed by atoms with E-state index < -0.39 is 0 Å². The molecule has 18 heavy (non-hydrogen) atoms. The van der Waals surface area contributed by atoms with Crippen LogP contribution in [0.2, 0.25) is 0 Å². The Kier molecular flexibility index (Phi) is 3.53. The Bertz CT molecular complexity index is 535. The van der Waals surface area contributed by atoms with E-state index in [9.17, 15) is 5.11 Å². The summed E-state index contributed by atoms with van der Waals surface area (Å²) in [5.41, 5.74) is 4.80. The number of rotatable bonds is 2. The number of aliphatic hydroxyl groups is 1. The summed E-state index contributed by atoms with van der Waals surface area (Å²) in [6, 6.07) is 16.7. The molecule has 0 radical (unpaired) electrons. The van der Waals surface area contributed by atoms with Crippen molar-refractivity contribution in [3.05, 3.63) is 59.7 Å². The molecule has 0 saturated heterocycles. The Hall–Kier alpha value is -1.60. The Morgan fingerprint density at radius 3 is 2.11 bits per heavy atom. The molecule has 0 spiro atoms. The molecule has 0 amide bonds. The van der Waals surface area contributed by atoms with Gasteiger partial charge >= 0.3 is 0 Å². The van der Waals surface area contributed by atoms with E-state index in [4.69, 9.17) is 0 Å². The largest absolute Gasteiger partial charge is 0.392 e. The van der Waals surface area contributed by atoms with Crippen molar-refractivity contribution >= 4 is 0 Å². The highest BCUT2D eigenvalue weighted by Gasteiger charge is 2.13. The van der Waals surface area contributed by atoms with Crippen molar-refractivity contribution in [1.82, 2.24) is 0 Å². The van der Waals surface area contributed by atoms with Gasteiger partial charge in [-0.15, -0.1) is 0 Å². The predicted octanol–water partition coefficient (Wildman–Crippen LogP) is 4.14. The molecule has 2 rings (SSSR count). The summed E-state index contributed by atoms with van der Waals surface area (Å²) in [6.45, 7) is 6.75. The van der Waals surface area contributed by atoms with E-state index in [2.05, 4.69) is 51.1 Å². The fraction of sp³-hybridized carbons (Fsp3) is 0.294. The monoisotopic (exact) mass is 240 g/mol. The summed E-state index contributed by atoms with van der Waals surface area (Å²) in [5.74, 6) is 0. The average molecular weight is 240 g/mol. The topological polar surface area (TPSA) is 20.2 Å². The summed E-state index contributed by atoms with van der Waals surface area (Å²) in [4.78, 5) is 0. The van der Waals surface area contributed by atoms with Crippen LogP contribution in [0.25, 0.3) is 11.1 Å². The zero-order valence-electron chi connectivity index (χ0n) is 11.3. The molecule has 2 aromatic carbocycles. The third kappa shape index (κ3) is 2.80. The van der Waals surface area contributed by atoms with Crippen LogP contribution < -0.4 is 0 Å². The molecule has 0 bridgehead atoms. The minimum Gasteiger partial charge on any atom is -0.392 e. The lowest BCUT2D eigenvalue weighted by Crippen LogP contribution is -2.10. The Balaban J connectivity index is 2.44. The van der Waals surface area contributed by atoms with Gasteiger partial charge in [-0.25, -0.2) is 0 Å². The Morgan fingerprint density at radius 1 is 0.889 bits per heavy atom. The van der Waals surface area contributed by atoms with Gasteiger partial charge in [-0.3, -0.25) is 0 Å². The number of benzene rings is 2. The first-order valence-electron chi connectivity index (χ1n) is 6.31. The smallest absolute Gasteiger partial charge is 0.0682 e. The summed E-state index contributed by atoms with van der Waals surface area (Å²) >= 11 is 0. The molecule has 2 aromatic rings. The molecule has 1 N–H and O–H groups in total. The van der Waals surface area contributed by atoms with E-state index in [1.54, 1.807) is 0 Å². The first-order valence-corrected chi connectivity index (χ1v) is 6.31. The van der Waals surface area contributed by atoms with Crippen LogP contribution in [0.4, 0.5) is 0 Å². The second kappa shape index (κ2) is 4.95. The Morgan fingerprint density at radius 2 is 1.50 bits per heavy atom. The van der Waals surface area contributed by atoms with Gasteiger partial charge in [0.05, 0.1) is 6.61 Å². The van der Waals surface area contributed by atoms with Gasteiger partial charge in [0.2, 0.25) is 0 Å². The minimum absolute atomic E-state index is 0.0901. The predicted molar refractivity (Wildman–Crippen MR) is 76.5 cm³/mol. The first-order chi connectivity index (χ1) is 8.50. The number of hydrogen-bond acceptors (Lipinski definition) is 1. The molecule has 0 aliphatic rings. The summed E-state index contributed by atoms with van der Waals surface area (Å²) in [5, 5.41) is 9.19. The number of aliphatic hydroxyl groups excluding tert-OH is 1. The van der Waals surface area contributed by atoms with Crippen LogP contribution in [0.5, 0.6) is 0 Å². The summed E-state index contributed by atoms with van der Waals surface area (Å²) < 4.78 is 0. The van der Waals surface area contributed by atoms with E-state index in [1.165, 1.54) is 11.1 Å². The summed E-state index contributed by atoms with van der Waals surface area (Å²) in [6.07, 6.45) is 0. The molecule has 1 nitrogen and oxygen atoms in total. The molecule has 0 aliphatic carbocycles. The van der Waals surface area contributed by atoms with Crippen LogP contribution in [0, 0.1) is 0 Å². The van der Waals surface area contributed by atoms with Crippen molar-refractivity contribution in [3.8, 4) is 11.1 Å². The maximum atomic E-state index is 9.19. The second-order valence-corrected chi connectivity index (χ2v) is 5.69. The molecule has 0 atom stereocenters. The van der Waals surface area contributed by atoms with E-state index >= 15 is 0 Å². The van der Waals surface area contributed by atoms with E-state index in [1.807, 2.05) is 18.2 Å². The van der Waals surface area contributed by atoms with Crippen LogP contribution in [-0.4, -0.2) is 5.11 Å². The molecule has 0 aromatic heterocycles. The maximum Gasteiger partial charge on any atom is 0.0682 e. The van der Waals surface area contributed by atoms with Gasteiger partial charge in [-0.1, -0.05) is 63.2 Å². The van der Waals surface area contributed by atoms with E-state index in [0.717, 1.165) is 11.1 Å². The van der Waals surface area contributed by atoms with E-state index in [-0.39, 0.29) is 12.0 Å². The highest BCUT2D eigenvalue weighted by atomic mass is 16.3. The van der Waals surface area contributed by atoms with Gasteiger partial charge < -0.3 is 5.11 Å². The second-order valence-electron chi connectivity index (χ2n) is 5.69. The minimum atomic E-state index is 0.0901. The lowest BCUT2D eigenvalue weighted by Gasteiger charge is -2.20. The van der Waals surface area contributed by atoms with Gasteiger partial charge in [-0.05, 0) is 33.7 Å². The van der Waals surface area contributed by atoms with Crippen LogP contribution >= 0.6 is 0 Å². The highest BCUT2D eigenvalue weighted by Crippen LogP contribution is 2.27. The molecular formula is C17H20O. The van der Waals surface area contributed by atoms with Crippen LogP contribution in [0.15, 0.2) is 48.5 Å². The normalized spacial score (nSPS) is 11.6. The molecule has 0 saturated carbocycles. The maximum absolute atomic E-state index is 9.19. The van der Waals surface area contributed by atoms with Crippen molar-refractivity contribution in [3.63, 3.8) is 0 Å². The third-order valence-corrected chi connectivity index (χ3v) is 3.17. The van der Waals surface area contributed by atoms with Crippen molar-refractivity contribution in [2.75, 3.05) is 0 Å². The van der Waals surface area contributed by atoms with Crippen molar-refractivity contribution in [2.24, 2.45) is 0 Å². The molecule has 94 valence electrons. The zero-order chi connectivity index (χ0) is 13.2. The molecule has 1 heteroatoms. The molecule has 0 heterocycles. The molecule has 0 aliphatic heterocycles. The lowest BCUT2D eigenvalue weighted by atomic mass is 9.85. The van der Waals surface area contributed by atoms with Gasteiger partial charge in [0, 0.05) is 0 Å². The first kappa shape index (κ1) is 12.8. The fourth-order valence-electron chi connectivity index (χ4n) is 2.01. The highest BCUT2D eigenvalue weighted by molar-refractivity contribution is 5.65. The molecule has 0 fully saturated rings. The molecule has 0 unspecified atom stereocenters. The van der Waals surface area contributed by atoms with E-state index in [0.29, 0.717) is 0 Å². The third-order valence-electron chi connectivity index (χ3n) is 3.17. The average Bonchev–Trinajstić information content (AvgIpc) is 2.38. The fourth-order valence-corrected chi connectivity index (χ4v) is 2.01. The van der Waals surface area contributed by atoms with Crippen LogP contribution in [-0.2, 0) is 12.0 Å². The standard InChI is InChI=1S/C17H20O/c1-17(2,3)16-9-5-8-15(11-16)14-7-4-6-13(10-14)12-18/h4-11,18H,12H2,1-3H3. The number of hydrogen-bond donors (Lipinski definition) is 1. The Labute approximate surface area is 109 Å². The van der Waals surface area contributed by atoms with Gasteiger partial charge in [0.15, 0.2) is 0 Å². The van der Waals surface area contributed by atoms with Gasteiger partial charge in [-0.2, -0.15) is 0 Å².